The van der Waals surface area contributed by atoms with E-state index in [1.165, 1.54) is 36.4 Å². The summed E-state index contributed by atoms with van der Waals surface area (Å²) in [6, 6.07) is 11.2. The first-order chi connectivity index (χ1) is 10.8. The summed E-state index contributed by atoms with van der Waals surface area (Å²) < 4.78 is 35.2. The first-order valence-corrected chi connectivity index (χ1v) is 8.31. The molecule has 0 aliphatic rings. The normalized spacial score (nSPS) is 11.0. The highest BCUT2D eigenvalue weighted by molar-refractivity contribution is 7.89. The van der Waals surface area contributed by atoms with Gasteiger partial charge in [-0.15, -0.1) is 0 Å². The number of sulfonamides is 1. The zero-order chi connectivity index (χ0) is 16.9. The van der Waals surface area contributed by atoms with E-state index < -0.39 is 16.1 Å². The van der Waals surface area contributed by atoms with Gasteiger partial charge in [0.2, 0.25) is 10.0 Å². The third-order valence-electron chi connectivity index (χ3n) is 3.03. The van der Waals surface area contributed by atoms with Crippen LogP contribution in [0.5, 0.6) is 0 Å². The van der Waals surface area contributed by atoms with Crippen LogP contribution in [0.3, 0.4) is 0 Å². The summed E-state index contributed by atoms with van der Waals surface area (Å²) in [4.78, 5) is 11.7. The van der Waals surface area contributed by atoms with Crippen LogP contribution in [0.2, 0.25) is 0 Å². The van der Waals surface area contributed by atoms with E-state index in [0.29, 0.717) is 18.7 Å². The first-order valence-electron chi connectivity index (χ1n) is 6.77. The van der Waals surface area contributed by atoms with Crippen LogP contribution in [-0.2, 0) is 16.4 Å². The Labute approximate surface area is 133 Å². The molecule has 0 saturated heterocycles. The van der Waals surface area contributed by atoms with Crippen LogP contribution in [-0.4, -0.2) is 21.0 Å². The number of urea groups is 1. The quantitative estimate of drug-likeness (QED) is 0.776. The Hall–Kier alpha value is -2.45. The monoisotopic (exact) mass is 337 g/mol. The van der Waals surface area contributed by atoms with Gasteiger partial charge in [0.25, 0.3) is 0 Å². The minimum atomic E-state index is -3.76. The van der Waals surface area contributed by atoms with Gasteiger partial charge in [0.15, 0.2) is 0 Å². The Morgan fingerprint density at radius 1 is 1.13 bits per heavy atom. The largest absolute Gasteiger partial charge is 0.338 e. The smallest absolute Gasteiger partial charge is 0.319 e. The zero-order valence-corrected chi connectivity index (χ0v) is 12.9. The fourth-order valence-electron chi connectivity index (χ4n) is 1.92. The number of anilines is 1. The maximum Gasteiger partial charge on any atom is 0.319 e. The Balaban J connectivity index is 1.83. The second-order valence-corrected chi connectivity index (χ2v) is 6.39. The summed E-state index contributed by atoms with van der Waals surface area (Å²) in [5.74, 6) is -0.318. The molecule has 2 aromatic rings. The van der Waals surface area contributed by atoms with E-state index in [-0.39, 0.29) is 10.7 Å². The van der Waals surface area contributed by atoms with Crippen molar-refractivity contribution < 1.29 is 17.6 Å². The summed E-state index contributed by atoms with van der Waals surface area (Å²) in [7, 11) is -3.76. The highest BCUT2D eigenvalue weighted by Crippen LogP contribution is 2.12. The average molecular weight is 337 g/mol. The molecule has 0 saturated carbocycles. The van der Waals surface area contributed by atoms with Gasteiger partial charge in [0.05, 0.1) is 4.90 Å². The first kappa shape index (κ1) is 16.9. The molecular formula is C15H16FN3O3S. The number of nitrogens with one attached hydrogen (secondary N) is 2. The van der Waals surface area contributed by atoms with Gasteiger partial charge in [0.1, 0.15) is 5.82 Å². The number of rotatable bonds is 5. The molecule has 6 nitrogen and oxygen atoms in total. The van der Waals surface area contributed by atoms with Crippen molar-refractivity contribution in [3.63, 3.8) is 0 Å². The van der Waals surface area contributed by atoms with Gasteiger partial charge in [-0.3, -0.25) is 0 Å². The lowest BCUT2D eigenvalue weighted by atomic mass is 10.1. The molecule has 0 aromatic heterocycles. The third kappa shape index (κ3) is 5.35. The molecule has 0 bridgehead atoms. The maximum atomic E-state index is 13.0. The van der Waals surface area contributed by atoms with Gasteiger partial charge in [-0.1, -0.05) is 12.1 Å². The van der Waals surface area contributed by atoms with Crippen molar-refractivity contribution in [1.82, 2.24) is 5.32 Å². The van der Waals surface area contributed by atoms with E-state index >= 15 is 0 Å². The van der Waals surface area contributed by atoms with Crippen LogP contribution in [0.4, 0.5) is 14.9 Å². The molecule has 2 amide bonds. The van der Waals surface area contributed by atoms with Crippen molar-refractivity contribution >= 4 is 21.7 Å². The number of hydrogen-bond acceptors (Lipinski definition) is 3. The molecule has 0 unspecified atom stereocenters. The van der Waals surface area contributed by atoms with Gasteiger partial charge in [0, 0.05) is 12.2 Å². The summed E-state index contributed by atoms with van der Waals surface area (Å²) in [5, 5.41) is 10.2. The highest BCUT2D eigenvalue weighted by atomic mass is 32.2. The van der Waals surface area contributed by atoms with E-state index in [1.54, 1.807) is 12.1 Å². The standard InChI is InChI=1S/C15H16FN3O3S/c16-12-3-1-2-11(10-12)8-9-18-15(20)19-13-4-6-14(7-5-13)23(17,21)22/h1-7,10H,8-9H2,(H2,17,21,22)(H2,18,19,20). The summed E-state index contributed by atoms with van der Waals surface area (Å²) in [5.41, 5.74) is 1.21. The van der Waals surface area contributed by atoms with Crippen molar-refractivity contribution in [3.8, 4) is 0 Å². The van der Waals surface area contributed by atoms with E-state index in [4.69, 9.17) is 5.14 Å². The van der Waals surface area contributed by atoms with Crippen molar-refractivity contribution in [2.24, 2.45) is 5.14 Å². The Morgan fingerprint density at radius 3 is 2.43 bits per heavy atom. The summed E-state index contributed by atoms with van der Waals surface area (Å²) >= 11 is 0. The lowest BCUT2D eigenvalue weighted by Crippen LogP contribution is -2.30. The molecule has 122 valence electrons. The fourth-order valence-corrected chi connectivity index (χ4v) is 2.43. The van der Waals surface area contributed by atoms with Crippen molar-refractivity contribution in [3.05, 3.63) is 59.9 Å². The molecule has 2 rings (SSSR count). The van der Waals surface area contributed by atoms with Crippen molar-refractivity contribution in [1.29, 1.82) is 0 Å². The second-order valence-electron chi connectivity index (χ2n) is 4.83. The maximum absolute atomic E-state index is 13.0. The molecule has 0 aliphatic carbocycles. The summed E-state index contributed by atoms with van der Waals surface area (Å²) in [6.45, 7) is 0.338. The zero-order valence-electron chi connectivity index (χ0n) is 12.1. The van der Waals surface area contributed by atoms with E-state index in [0.717, 1.165) is 5.56 Å². The Kier molecular flexibility index (Phi) is 5.30. The van der Waals surface area contributed by atoms with Gasteiger partial charge in [-0.05, 0) is 48.4 Å². The molecule has 0 heterocycles. The molecule has 0 spiro atoms. The number of primary sulfonamides is 1. The second kappa shape index (κ2) is 7.21. The molecule has 23 heavy (non-hydrogen) atoms. The summed E-state index contributed by atoms with van der Waals surface area (Å²) in [6.07, 6.45) is 0.496. The van der Waals surface area contributed by atoms with E-state index in [2.05, 4.69) is 10.6 Å². The molecule has 0 aliphatic heterocycles. The molecule has 0 fully saturated rings. The van der Waals surface area contributed by atoms with Gasteiger partial charge >= 0.3 is 6.03 Å². The SMILES string of the molecule is NS(=O)(=O)c1ccc(NC(=O)NCCc2cccc(F)c2)cc1. The van der Waals surface area contributed by atoms with Crippen LogP contribution in [0, 0.1) is 5.82 Å². The van der Waals surface area contributed by atoms with Crippen LogP contribution in [0.25, 0.3) is 0 Å². The van der Waals surface area contributed by atoms with Crippen LogP contribution in [0.15, 0.2) is 53.4 Å². The number of benzene rings is 2. The molecular weight excluding hydrogens is 321 g/mol. The number of hydrogen-bond donors (Lipinski definition) is 3. The van der Waals surface area contributed by atoms with Crippen LogP contribution >= 0.6 is 0 Å². The van der Waals surface area contributed by atoms with Gasteiger partial charge in [-0.2, -0.15) is 0 Å². The average Bonchev–Trinajstić information content (AvgIpc) is 2.47. The molecule has 0 radical (unpaired) electrons. The minimum absolute atomic E-state index is 0.0328. The number of carbonyl (C=O) groups excluding carboxylic acids is 1. The van der Waals surface area contributed by atoms with E-state index in [1.807, 2.05) is 0 Å². The van der Waals surface area contributed by atoms with Gasteiger partial charge < -0.3 is 10.6 Å². The number of carbonyl (C=O) groups is 1. The van der Waals surface area contributed by atoms with Crippen molar-refractivity contribution in [2.75, 3.05) is 11.9 Å². The number of nitrogens with two attached hydrogens (primary N) is 1. The van der Waals surface area contributed by atoms with Gasteiger partial charge in [-0.25, -0.2) is 22.7 Å². The Bertz CT molecular complexity index is 792. The van der Waals surface area contributed by atoms with Crippen LogP contribution in [0.1, 0.15) is 5.56 Å². The lowest BCUT2D eigenvalue weighted by Gasteiger charge is -2.08. The van der Waals surface area contributed by atoms with E-state index in [9.17, 15) is 17.6 Å². The highest BCUT2D eigenvalue weighted by Gasteiger charge is 2.07. The molecule has 0 atom stereocenters. The molecule has 4 N–H and O–H groups in total. The topological polar surface area (TPSA) is 101 Å². The number of amides is 2. The molecule has 8 heteroatoms. The van der Waals surface area contributed by atoms with Crippen molar-refractivity contribution in [2.45, 2.75) is 11.3 Å². The predicted molar refractivity (Wildman–Crippen MR) is 84.9 cm³/mol. The fraction of sp³-hybridized carbons (Fsp3) is 0.133. The minimum Gasteiger partial charge on any atom is -0.338 e. The van der Waals surface area contributed by atoms with Crippen LogP contribution < -0.4 is 15.8 Å². The number of halogens is 1. The predicted octanol–water partition coefficient (Wildman–Crippen LogP) is 1.84. The Morgan fingerprint density at radius 2 is 1.83 bits per heavy atom. The third-order valence-corrected chi connectivity index (χ3v) is 3.96. The molecule has 2 aromatic carbocycles. The lowest BCUT2D eigenvalue weighted by molar-refractivity contribution is 0.252.